The van der Waals surface area contributed by atoms with Gasteiger partial charge in [-0.25, -0.2) is 9.78 Å². The minimum atomic E-state index is -1.54. The molecule has 0 aliphatic heterocycles. The van der Waals surface area contributed by atoms with Gasteiger partial charge in [-0.2, -0.15) is 4.39 Å². The number of aromatic nitrogens is 1. The van der Waals surface area contributed by atoms with E-state index < -0.39 is 17.5 Å². The molecule has 0 radical (unpaired) electrons. The maximum Gasteiger partial charge on any atom is 0.328 e. The van der Waals surface area contributed by atoms with E-state index in [9.17, 15) is 9.18 Å². The summed E-state index contributed by atoms with van der Waals surface area (Å²) in [4.78, 5) is 14.2. The van der Waals surface area contributed by atoms with Crippen molar-refractivity contribution in [1.29, 1.82) is 0 Å². The normalized spacial score (nSPS) is 14.9. The standard InChI is InChI=1S/C9H11FN2O2/c1-5-3-7(10)12-4-6(5)9(2,11)8(13)14/h3-4H,11H2,1-2H3,(H,13,14). The third kappa shape index (κ3) is 1.72. The lowest BCUT2D eigenvalue weighted by molar-refractivity contribution is -0.143. The van der Waals surface area contributed by atoms with Gasteiger partial charge in [0, 0.05) is 11.8 Å². The summed E-state index contributed by atoms with van der Waals surface area (Å²) in [5.41, 5.74) is 4.82. The Morgan fingerprint density at radius 3 is 2.71 bits per heavy atom. The Balaban J connectivity index is 3.26. The molecule has 14 heavy (non-hydrogen) atoms. The Morgan fingerprint density at radius 2 is 2.29 bits per heavy atom. The average Bonchev–Trinajstić information content (AvgIpc) is 2.02. The molecule has 1 unspecified atom stereocenters. The predicted molar refractivity (Wildman–Crippen MR) is 48.1 cm³/mol. The highest BCUT2D eigenvalue weighted by molar-refractivity contribution is 5.80. The summed E-state index contributed by atoms with van der Waals surface area (Å²) >= 11 is 0. The Morgan fingerprint density at radius 1 is 1.71 bits per heavy atom. The second-order valence-electron chi connectivity index (χ2n) is 3.33. The molecular weight excluding hydrogens is 187 g/mol. The number of halogens is 1. The van der Waals surface area contributed by atoms with Gasteiger partial charge in [0.25, 0.3) is 0 Å². The molecule has 4 nitrogen and oxygen atoms in total. The minimum absolute atomic E-state index is 0.311. The van der Waals surface area contributed by atoms with Crippen molar-refractivity contribution in [2.75, 3.05) is 0 Å². The highest BCUT2D eigenvalue weighted by Gasteiger charge is 2.32. The molecule has 0 aromatic carbocycles. The number of nitrogens with zero attached hydrogens (tertiary/aromatic N) is 1. The fraction of sp³-hybridized carbons (Fsp3) is 0.333. The number of rotatable bonds is 2. The summed E-state index contributed by atoms with van der Waals surface area (Å²) in [6, 6.07) is 1.16. The van der Waals surface area contributed by atoms with Crippen LogP contribution in [0.15, 0.2) is 12.3 Å². The summed E-state index contributed by atoms with van der Waals surface area (Å²) in [6.07, 6.45) is 1.15. The molecule has 1 rings (SSSR count). The SMILES string of the molecule is Cc1cc(F)ncc1C(C)(N)C(=O)O. The van der Waals surface area contributed by atoms with Gasteiger partial charge < -0.3 is 10.8 Å². The van der Waals surface area contributed by atoms with Crippen LogP contribution in [0.1, 0.15) is 18.1 Å². The number of carboxylic acids is 1. The molecule has 0 amide bonds. The lowest BCUT2D eigenvalue weighted by Gasteiger charge is -2.21. The third-order valence-corrected chi connectivity index (χ3v) is 2.08. The van der Waals surface area contributed by atoms with Crippen LogP contribution in [-0.4, -0.2) is 16.1 Å². The number of pyridine rings is 1. The Labute approximate surface area is 80.6 Å². The molecule has 76 valence electrons. The summed E-state index contributed by atoms with van der Waals surface area (Å²) in [5, 5.41) is 8.84. The summed E-state index contributed by atoms with van der Waals surface area (Å²) in [7, 11) is 0. The molecule has 0 fully saturated rings. The number of aryl methyl sites for hydroxylation is 1. The summed E-state index contributed by atoms with van der Waals surface area (Å²) in [6.45, 7) is 2.94. The molecule has 5 heteroatoms. The molecule has 0 spiro atoms. The van der Waals surface area contributed by atoms with E-state index in [4.69, 9.17) is 10.8 Å². The first-order chi connectivity index (χ1) is 6.35. The number of carbonyl (C=O) groups is 1. The molecular formula is C9H11FN2O2. The van der Waals surface area contributed by atoms with Gasteiger partial charge in [-0.05, 0) is 25.5 Å². The second-order valence-corrected chi connectivity index (χ2v) is 3.33. The summed E-state index contributed by atoms with van der Waals surface area (Å²) in [5.74, 6) is -1.82. The topological polar surface area (TPSA) is 76.2 Å². The van der Waals surface area contributed by atoms with Gasteiger partial charge in [-0.3, -0.25) is 0 Å². The largest absolute Gasteiger partial charge is 0.480 e. The van der Waals surface area contributed by atoms with Gasteiger partial charge in [0.15, 0.2) is 0 Å². The van der Waals surface area contributed by atoms with Crippen LogP contribution in [-0.2, 0) is 10.3 Å². The van der Waals surface area contributed by atoms with Crippen LogP contribution >= 0.6 is 0 Å². The van der Waals surface area contributed by atoms with Crippen molar-refractivity contribution in [1.82, 2.24) is 4.98 Å². The molecule has 3 N–H and O–H groups in total. The van der Waals surface area contributed by atoms with Crippen molar-refractivity contribution in [3.05, 3.63) is 29.3 Å². The zero-order chi connectivity index (χ0) is 10.9. The monoisotopic (exact) mass is 198 g/mol. The third-order valence-electron chi connectivity index (χ3n) is 2.08. The predicted octanol–water partition coefficient (Wildman–Crippen LogP) is 0.788. The molecule has 0 aliphatic rings. The highest BCUT2D eigenvalue weighted by Crippen LogP contribution is 2.21. The Hall–Kier alpha value is -1.49. The van der Waals surface area contributed by atoms with Crippen molar-refractivity contribution >= 4 is 5.97 Å². The lowest BCUT2D eigenvalue weighted by Crippen LogP contribution is -2.42. The van der Waals surface area contributed by atoms with Gasteiger partial charge in [0.1, 0.15) is 5.54 Å². The fourth-order valence-corrected chi connectivity index (χ4v) is 1.18. The van der Waals surface area contributed by atoms with E-state index in [1.54, 1.807) is 6.92 Å². The molecule has 0 bridgehead atoms. The van der Waals surface area contributed by atoms with Crippen LogP contribution in [0.25, 0.3) is 0 Å². The smallest absolute Gasteiger partial charge is 0.328 e. The zero-order valence-electron chi connectivity index (χ0n) is 7.91. The van der Waals surface area contributed by atoms with E-state index in [-0.39, 0.29) is 0 Å². The van der Waals surface area contributed by atoms with Gasteiger partial charge >= 0.3 is 5.97 Å². The first-order valence-electron chi connectivity index (χ1n) is 4.00. The number of hydrogen-bond acceptors (Lipinski definition) is 3. The quantitative estimate of drug-likeness (QED) is 0.689. The van der Waals surface area contributed by atoms with Gasteiger partial charge in [0.05, 0.1) is 0 Å². The number of carboxylic acid groups (broad SMARTS) is 1. The number of nitrogens with two attached hydrogens (primary N) is 1. The summed E-state index contributed by atoms with van der Waals surface area (Å²) < 4.78 is 12.6. The Bertz CT molecular complexity index is 377. The first-order valence-corrected chi connectivity index (χ1v) is 4.00. The maximum absolute atomic E-state index is 12.6. The second kappa shape index (κ2) is 3.34. The van der Waals surface area contributed by atoms with Crippen LogP contribution in [0.5, 0.6) is 0 Å². The van der Waals surface area contributed by atoms with E-state index in [1.807, 2.05) is 0 Å². The molecule has 0 aliphatic carbocycles. The number of aliphatic carboxylic acids is 1. The lowest BCUT2D eigenvalue weighted by atomic mass is 9.91. The van der Waals surface area contributed by atoms with E-state index >= 15 is 0 Å². The van der Waals surface area contributed by atoms with Crippen molar-refractivity contribution in [3.8, 4) is 0 Å². The van der Waals surface area contributed by atoms with E-state index in [0.717, 1.165) is 12.3 Å². The average molecular weight is 198 g/mol. The van der Waals surface area contributed by atoms with Crippen molar-refractivity contribution in [2.24, 2.45) is 5.73 Å². The van der Waals surface area contributed by atoms with Crippen molar-refractivity contribution < 1.29 is 14.3 Å². The van der Waals surface area contributed by atoms with Crippen LogP contribution in [0.4, 0.5) is 4.39 Å². The molecule has 1 atom stereocenters. The van der Waals surface area contributed by atoms with Gasteiger partial charge in [-0.15, -0.1) is 0 Å². The molecule has 1 heterocycles. The van der Waals surface area contributed by atoms with Crippen LogP contribution in [0.2, 0.25) is 0 Å². The number of hydrogen-bond donors (Lipinski definition) is 2. The van der Waals surface area contributed by atoms with Gasteiger partial charge in [0.2, 0.25) is 5.95 Å². The maximum atomic E-state index is 12.6. The molecule has 0 saturated carbocycles. The molecule has 1 aromatic rings. The van der Waals surface area contributed by atoms with Crippen LogP contribution < -0.4 is 5.73 Å². The van der Waals surface area contributed by atoms with Crippen molar-refractivity contribution in [2.45, 2.75) is 19.4 Å². The molecule has 0 saturated heterocycles. The van der Waals surface area contributed by atoms with Crippen molar-refractivity contribution in [3.63, 3.8) is 0 Å². The highest BCUT2D eigenvalue weighted by atomic mass is 19.1. The first kappa shape index (κ1) is 10.6. The van der Waals surface area contributed by atoms with Crippen LogP contribution in [0.3, 0.4) is 0 Å². The Kier molecular flexibility index (Phi) is 2.53. The molecule has 1 aromatic heterocycles. The zero-order valence-corrected chi connectivity index (χ0v) is 7.91. The van der Waals surface area contributed by atoms with Gasteiger partial charge in [-0.1, -0.05) is 0 Å². The minimum Gasteiger partial charge on any atom is -0.480 e. The van der Waals surface area contributed by atoms with E-state index in [1.165, 1.54) is 6.92 Å². The fourth-order valence-electron chi connectivity index (χ4n) is 1.18. The van der Waals surface area contributed by atoms with E-state index in [0.29, 0.717) is 11.1 Å². The van der Waals surface area contributed by atoms with Crippen LogP contribution in [0, 0.1) is 12.9 Å². The van der Waals surface area contributed by atoms with E-state index in [2.05, 4.69) is 4.98 Å².